The van der Waals surface area contributed by atoms with Gasteiger partial charge >= 0.3 is 5.97 Å². The van der Waals surface area contributed by atoms with Gasteiger partial charge in [0, 0.05) is 18.5 Å². The molecule has 0 bridgehead atoms. The molecule has 0 spiro atoms. The average molecular weight is 265 g/mol. The van der Waals surface area contributed by atoms with Crippen molar-refractivity contribution in [2.24, 2.45) is 5.92 Å². The van der Waals surface area contributed by atoms with E-state index in [2.05, 4.69) is 25.2 Å². The van der Waals surface area contributed by atoms with Crippen LogP contribution in [0.15, 0.2) is 24.3 Å². The van der Waals surface area contributed by atoms with Gasteiger partial charge in [0.05, 0.1) is 13.0 Å². The first-order valence-electron chi connectivity index (χ1n) is 6.45. The van der Waals surface area contributed by atoms with E-state index in [0.717, 1.165) is 12.3 Å². The van der Waals surface area contributed by atoms with Crippen molar-refractivity contribution in [3.05, 3.63) is 29.8 Å². The molecule has 4 heteroatoms. The van der Waals surface area contributed by atoms with E-state index < -0.39 is 5.97 Å². The Morgan fingerprint density at radius 1 is 1.47 bits per heavy atom. The lowest BCUT2D eigenvalue weighted by Gasteiger charge is -2.26. The lowest BCUT2D eigenvalue weighted by atomic mass is 9.84. The lowest BCUT2D eigenvalue weighted by molar-refractivity contribution is -0.140. The van der Waals surface area contributed by atoms with E-state index in [9.17, 15) is 4.79 Å². The van der Waals surface area contributed by atoms with Gasteiger partial charge in [0.25, 0.3) is 0 Å². The summed E-state index contributed by atoms with van der Waals surface area (Å²) in [6.45, 7) is 7.15. The predicted octanol–water partition coefficient (Wildman–Crippen LogP) is 2.28. The number of carboxylic acids is 1. The molecule has 0 saturated heterocycles. The van der Waals surface area contributed by atoms with Crippen molar-refractivity contribution in [1.82, 2.24) is 5.32 Å². The van der Waals surface area contributed by atoms with Crippen LogP contribution in [0.4, 0.5) is 0 Å². The van der Waals surface area contributed by atoms with E-state index in [1.165, 1.54) is 5.56 Å². The number of aliphatic carboxylic acids is 1. The van der Waals surface area contributed by atoms with Crippen LogP contribution in [0.3, 0.4) is 0 Å². The SMILES string of the molecule is COc1cccc(C(C)(C)CNCC(C)C(=O)O)c1. The van der Waals surface area contributed by atoms with E-state index in [1.54, 1.807) is 14.0 Å². The molecule has 0 saturated carbocycles. The third-order valence-corrected chi connectivity index (χ3v) is 3.29. The summed E-state index contributed by atoms with van der Waals surface area (Å²) < 4.78 is 5.23. The molecule has 106 valence electrons. The predicted molar refractivity (Wildman–Crippen MR) is 75.7 cm³/mol. The summed E-state index contributed by atoms with van der Waals surface area (Å²) in [5.41, 5.74) is 1.09. The summed E-state index contributed by atoms with van der Waals surface area (Å²) in [6, 6.07) is 7.96. The van der Waals surface area contributed by atoms with Crippen LogP contribution in [0.25, 0.3) is 0 Å². The largest absolute Gasteiger partial charge is 0.497 e. The molecule has 19 heavy (non-hydrogen) atoms. The van der Waals surface area contributed by atoms with Crippen molar-refractivity contribution < 1.29 is 14.6 Å². The Balaban J connectivity index is 2.62. The van der Waals surface area contributed by atoms with Crippen LogP contribution in [0, 0.1) is 5.92 Å². The van der Waals surface area contributed by atoms with Gasteiger partial charge in [-0.15, -0.1) is 0 Å². The van der Waals surface area contributed by atoms with Gasteiger partial charge in [-0.25, -0.2) is 0 Å². The molecule has 0 aliphatic heterocycles. The first-order chi connectivity index (χ1) is 8.86. The highest BCUT2D eigenvalue weighted by Crippen LogP contribution is 2.25. The van der Waals surface area contributed by atoms with Gasteiger partial charge in [0.2, 0.25) is 0 Å². The van der Waals surface area contributed by atoms with Crippen LogP contribution < -0.4 is 10.1 Å². The van der Waals surface area contributed by atoms with Crippen LogP contribution >= 0.6 is 0 Å². The molecule has 0 aliphatic carbocycles. The molecule has 0 fully saturated rings. The maximum absolute atomic E-state index is 10.8. The van der Waals surface area contributed by atoms with Crippen LogP contribution in [-0.4, -0.2) is 31.3 Å². The number of hydrogen-bond donors (Lipinski definition) is 2. The van der Waals surface area contributed by atoms with Gasteiger partial charge in [0.15, 0.2) is 0 Å². The number of methoxy groups -OCH3 is 1. The standard InChI is InChI=1S/C15H23NO3/c1-11(14(17)18)9-16-10-15(2,3)12-6-5-7-13(8-12)19-4/h5-8,11,16H,9-10H2,1-4H3,(H,17,18). The second-order valence-electron chi connectivity index (χ2n) is 5.49. The summed E-state index contributed by atoms with van der Waals surface area (Å²) in [5, 5.41) is 12.1. The van der Waals surface area contributed by atoms with Crippen LogP contribution in [0.5, 0.6) is 5.75 Å². The van der Waals surface area contributed by atoms with Gasteiger partial charge in [-0.1, -0.05) is 32.9 Å². The normalized spacial score (nSPS) is 13.1. The molecule has 0 amide bonds. The zero-order valence-corrected chi connectivity index (χ0v) is 12.1. The van der Waals surface area contributed by atoms with Gasteiger partial charge in [-0.2, -0.15) is 0 Å². The van der Waals surface area contributed by atoms with Crippen LogP contribution in [-0.2, 0) is 10.2 Å². The Hall–Kier alpha value is -1.55. The van der Waals surface area contributed by atoms with Crippen LogP contribution in [0.1, 0.15) is 26.3 Å². The number of ether oxygens (including phenoxy) is 1. The molecule has 1 rings (SSSR count). The highest BCUT2D eigenvalue weighted by atomic mass is 16.5. The first-order valence-corrected chi connectivity index (χ1v) is 6.45. The van der Waals surface area contributed by atoms with Crippen molar-refractivity contribution in [1.29, 1.82) is 0 Å². The maximum atomic E-state index is 10.8. The second-order valence-corrected chi connectivity index (χ2v) is 5.49. The molecule has 0 heterocycles. The third kappa shape index (κ3) is 4.56. The fourth-order valence-electron chi connectivity index (χ4n) is 1.83. The Morgan fingerprint density at radius 3 is 2.74 bits per heavy atom. The van der Waals surface area contributed by atoms with Crippen molar-refractivity contribution >= 4 is 5.97 Å². The van der Waals surface area contributed by atoms with E-state index in [1.807, 2.05) is 18.2 Å². The topological polar surface area (TPSA) is 58.6 Å². The Morgan fingerprint density at radius 2 is 2.16 bits per heavy atom. The van der Waals surface area contributed by atoms with Crippen molar-refractivity contribution in [3.63, 3.8) is 0 Å². The third-order valence-electron chi connectivity index (χ3n) is 3.29. The summed E-state index contributed by atoms with van der Waals surface area (Å²) >= 11 is 0. The Labute approximate surface area is 114 Å². The molecule has 1 atom stereocenters. The second kappa shape index (κ2) is 6.57. The average Bonchev–Trinajstić information content (AvgIpc) is 2.38. The number of carbonyl (C=O) groups is 1. The first kappa shape index (κ1) is 15.5. The Bertz CT molecular complexity index is 429. The summed E-state index contributed by atoms with van der Waals surface area (Å²) in [5.74, 6) is -0.308. The van der Waals surface area contributed by atoms with E-state index in [0.29, 0.717) is 6.54 Å². The monoisotopic (exact) mass is 265 g/mol. The maximum Gasteiger partial charge on any atom is 0.307 e. The minimum Gasteiger partial charge on any atom is -0.497 e. The van der Waals surface area contributed by atoms with Gasteiger partial charge < -0.3 is 15.2 Å². The summed E-state index contributed by atoms with van der Waals surface area (Å²) in [7, 11) is 1.65. The molecule has 0 radical (unpaired) electrons. The molecule has 1 aromatic carbocycles. The van der Waals surface area contributed by atoms with Crippen molar-refractivity contribution in [2.45, 2.75) is 26.2 Å². The van der Waals surface area contributed by atoms with Crippen LogP contribution in [0.2, 0.25) is 0 Å². The van der Waals surface area contributed by atoms with Gasteiger partial charge in [-0.3, -0.25) is 4.79 Å². The molecular weight excluding hydrogens is 242 g/mol. The van der Waals surface area contributed by atoms with Crippen molar-refractivity contribution in [2.75, 3.05) is 20.2 Å². The Kier molecular flexibility index (Phi) is 5.36. The summed E-state index contributed by atoms with van der Waals surface area (Å²) in [4.78, 5) is 10.8. The van der Waals surface area contributed by atoms with Gasteiger partial charge in [-0.05, 0) is 17.7 Å². The van der Waals surface area contributed by atoms with E-state index in [4.69, 9.17) is 9.84 Å². The number of nitrogens with one attached hydrogen (secondary N) is 1. The summed E-state index contributed by atoms with van der Waals surface area (Å²) in [6.07, 6.45) is 0. The molecule has 1 unspecified atom stereocenters. The minimum atomic E-state index is -0.772. The molecule has 1 aromatic rings. The highest BCUT2D eigenvalue weighted by molar-refractivity contribution is 5.69. The quantitative estimate of drug-likeness (QED) is 0.794. The lowest BCUT2D eigenvalue weighted by Crippen LogP contribution is -2.36. The molecule has 4 nitrogen and oxygen atoms in total. The van der Waals surface area contributed by atoms with E-state index in [-0.39, 0.29) is 11.3 Å². The highest BCUT2D eigenvalue weighted by Gasteiger charge is 2.21. The molecule has 2 N–H and O–H groups in total. The number of benzene rings is 1. The van der Waals surface area contributed by atoms with E-state index >= 15 is 0 Å². The number of carboxylic acid groups (broad SMARTS) is 1. The van der Waals surface area contributed by atoms with Gasteiger partial charge in [0.1, 0.15) is 5.75 Å². The number of hydrogen-bond acceptors (Lipinski definition) is 3. The zero-order chi connectivity index (χ0) is 14.5. The molecule has 0 aromatic heterocycles. The zero-order valence-electron chi connectivity index (χ0n) is 12.1. The van der Waals surface area contributed by atoms with Crippen molar-refractivity contribution in [3.8, 4) is 5.75 Å². The fourth-order valence-corrected chi connectivity index (χ4v) is 1.83. The molecule has 0 aliphatic rings. The fraction of sp³-hybridized carbons (Fsp3) is 0.533. The molecular formula is C15H23NO3. The number of rotatable bonds is 7. The smallest absolute Gasteiger partial charge is 0.307 e. The minimum absolute atomic E-state index is 0.0766.